The molecule has 0 bridgehead atoms. The number of sulfonamides is 1. The molecule has 11 heteroatoms. The number of primary sulfonamides is 1. The summed E-state index contributed by atoms with van der Waals surface area (Å²) in [6.45, 7) is 2.13. The number of non-ortho nitro benzene ring substituents is 1. The summed E-state index contributed by atoms with van der Waals surface area (Å²) in [7, 11) is -4.11. The van der Waals surface area contributed by atoms with Gasteiger partial charge in [-0.05, 0) is 31.7 Å². The third kappa shape index (κ3) is 3.97. The van der Waals surface area contributed by atoms with Gasteiger partial charge in [0.25, 0.3) is 5.69 Å². The van der Waals surface area contributed by atoms with E-state index in [4.69, 9.17) is 5.14 Å². The van der Waals surface area contributed by atoms with Crippen molar-refractivity contribution in [3.8, 4) is 0 Å². The fourth-order valence-electron chi connectivity index (χ4n) is 4.32. The van der Waals surface area contributed by atoms with Crippen LogP contribution in [0.1, 0.15) is 49.7 Å². The Bertz CT molecular complexity index is 1030. The fraction of sp³-hybridized carbons (Fsp3) is 0.556. The van der Waals surface area contributed by atoms with Crippen LogP contribution in [0.2, 0.25) is 0 Å². The maximum absolute atomic E-state index is 12.1. The van der Waals surface area contributed by atoms with Crippen molar-refractivity contribution in [2.45, 2.75) is 55.9 Å². The van der Waals surface area contributed by atoms with Crippen LogP contribution >= 0.6 is 0 Å². The highest BCUT2D eigenvalue weighted by Crippen LogP contribution is 2.34. The number of aromatic nitrogens is 3. The summed E-state index contributed by atoms with van der Waals surface area (Å²) in [4.78, 5) is 12.2. The molecule has 0 saturated carbocycles. The Morgan fingerprint density at radius 3 is 2.72 bits per heavy atom. The minimum Gasteiger partial charge on any atom is -0.370 e. The maximum Gasteiger partial charge on any atom is 0.270 e. The summed E-state index contributed by atoms with van der Waals surface area (Å²) in [5, 5.41) is 25.3. The van der Waals surface area contributed by atoms with E-state index in [0.29, 0.717) is 18.8 Å². The standard InChI is InChI=1S/C18H24N6O4S/c19-29(27,28)16-11-14(24(25)26)7-8-15(16)22-9-4-5-13(12-22)18-21-20-17-6-2-1-3-10-23(17)18/h7-8,11,13H,1-6,9-10,12H2,(H2,19,27,28). The van der Waals surface area contributed by atoms with Gasteiger partial charge in [0.2, 0.25) is 10.0 Å². The second-order valence-electron chi connectivity index (χ2n) is 7.68. The number of hydrogen-bond donors (Lipinski definition) is 1. The number of benzene rings is 1. The van der Waals surface area contributed by atoms with Gasteiger partial charge in [-0.2, -0.15) is 0 Å². The van der Waals surface area contributed by atoms with Crippen molar-refractivity contribution in [3.05, 3.63) is 40.0 Å². The predicted octanol–water partition coefficient (Wildman–Crippen LogP) is 1.94. The Morgan fingerprint density at radius 1 is 1.14 bits per heavy atom. The molecule has 29 heavy (non-hydrogen) atoms. The van der Waals surface area contributed by atoms with Crippen LogP contribution < -0.4 is 10.0 Å². The molecule has 10 nitrogen and oxygen atoms in total. The van der Waals surface area contributed by atoms with Crippen molar-refractivity contribution in [3.63, 3.8) is 0 Å². The molecule has 3 heterocycles. The van der Waals surface area contributed by atoms with Crippen molar-refractivity contribution in [2.75, 3.05) is 18.0 Å². The summed E-state index contributed by atoms with van der Waals surface area (Å²) in [5.41, 5.74) is 0.104. The number of rotatable bonds is 4. The number of nitro benzene ring substituents is 1. The first kappa shape index (κ1) is 19.8. The second kappa shape index (κ2) is 7.71. The molecule has 1 aromatic carbocycles. The molecule has 2 N–H and O–H groups in total. The molecule has 4 rings (SSSR count). The van der Waals surface area contributed by atoms with Crippen LogP contribution in [0.25, 0.3) is 0 Å². The Kier molecular flexibility index (Phi) is 5.26. The third-order valence-electron chi connectivity index (χ3n) is 5.73. The third-order valence-corrected chi connectivity index (χ3v) is 6.67. The zero-order valence-corrected chi connectivity index (χ0v) is 16.8. The maximum atomic E-state index is 12.1. The van der Waals surface area contributed by atoms with Crippen LogP contribution in [0.5, 0.6) is 0 Å². The van der Waals surface area contributed by atoms with E-state index >= 15 is 0 Å². The summed E-state index contributed by atoms with van der Waals surface area (Å²) in [5.74, 6) is 2.09. The number of nitrogens with two attached hydrogens (primary N) is 1. The number of fused-ring (bicyclic) bond motifs is 1. The van der Waals surface area contributed by atoms with Gasteiger partial charge in [-0.25, -0.2) is 13.6 Å². The number of anilines is 1. The molecule has 2 aliphatic heterocycles. The Morgan fingerprint density at radius 2 is 1.97 bits per heavy atom. The molecule has 0 amide bonds. The smallest absolute Gasteiger partial charge is 0.270 e. The molecule has 2 aromatic rings. The van der Waals surface area contributed by atoms with E-state index in [9.17, 15) is 18.5 Å². The first-order valence-electron chi connectivity index (χ1n) is 9.83. The molecule has 2 aliphatic rings. The molecule has 1 unspecified atom stereocenters. The summed E-state index contributed by atoms with van der Waals surface area (Å²) in [6.07, 6.45) is 6.13. The van der Waals surface area contributed by atoms with E-state index < -0.39 is 14.9 Å². The van der Waals surface area contributed by atoms with Crippen molar-refractivity contribution in [2.24, 2.45) is 5.14 Å². The first-order valence-corrected chi connectivity index (χ1v) is 11.4. The van der Waals surface area contributed by atoms with Crippen molar-refractivity contribution < 1.29 is 13.3 Å². The van der Waals surface area contributed by atoms with Crippen LogP contribution in [0.3, 0.4) is 0 Å². The van der Waals surface area contributed by atoms with E-state index in [1.165, 1.54) is 18.6 Å². The predicted molar refractivity (Wildman–Crippen MR) is 106 cm³/mol. The summed E-state index contributed by atoms with van der Waals surface area (Å²) >= 11 is 0. The highest BCUT2D eigenvalue weighted by molar-refractivity contribution is 7.89. The molecular weight excluding hydrogens is 396 g/mol. The van der Waals surface area contributed by atoms with Gasteiger partial charge in [0.15, 0.2) is 0 Å². The molecule has 1 aromatic heterocycles. The molecule has 0 aliphatic carbocycles. The normalized spacial score (nSPS) is 20.2. The van der Waals surface area contributed by atoms with Gasteiger partial charge in [0.1, 0.15) is 16.5 Å². The van der Waals surface area contributed by atoms with Crippen LogP contribution in [0.15, 0.2) is 23.1 Å². The van der Waals surface area contributed by atoms with Crippen LogP contribution in [-0.2, 0) is 23.0 Å². The zero-order valence-electron chi connectivity index (χ0n) is 16.0. The van der Waals surface area contributed by atoms with Crippen molar-refractivity contribution in [1.82, 2.24) is 14.8 Å². The van der Waals surface area contributed by atoms with E-state index in [1.54, 1.807) is 0 Å². The average molecular weight is 420 g/mol. The van der Waals surface area contributed by atoms with Crippen LogP contribution in [0, 0.1) is 10.1 Å². The first-order chi connectivity index (χ1) is 13.8. The van der Waals surface area contributed by atoms with Gasteiger partial charge in [-0.3, -0.25) is 10.1 Å². The van der Waals surface area contributed by atoms with E-state index in [1.807, 2.05) is 4.90 Å². The van der Waals surface area contributed by atoms with Gasteiger partial charge < -0.3 is 9.47 Å². The largest absolute Gasteiger partial charge is 0.370 e. The highest BCUT2D eigenvalue weighted by atomic mass is 32.2. The quantitative estimate of drug-likeness (QED) is 0.589. The van der Waals surface area contributed by atoms with Gasteiger partial charge in [-0.15, -0.1) is 10.2 Å². The molecule has 1 fully saturated rings. The number of nitro groups is 1. The summed E-state index contributed by atoms with van der Waals surface area (Å²) in [6, 6.07) is 3.83. The fourth-order valence-corrected chi connectivity index (χ4v) is 5.10. The van der Waals surface area contributed by atoms with E-state index in [0.717, 1.165) is 56.4 Å². The van der Waals surface area contributed by atoms with Gasteiger partial charge in [-0.1, -0.05) is 6.42 Å². The molecule has 0 radical (unpaired) electrons. The van der Waals surface area contributed by atoms with E-state index in [2.05, 4.69) is 14.8 Å². The molecule has 156 valence electrons. The Hall–Kier alpha value is -2.53. The molecule has 1 saturated heterocycles. The molecule has 1 atom stereocenters. The topological polar surface area (TPSA) is 137 Å². The Labute approximate surface area is 168 Å². The lowest BCUT2D eigenvalue weighted by molar-refractivity contribution is -0.385. The lowest BCUT2D eigenvalue weighted by Crippen LogP contribution is -2.36. The van der Waals surface area contributed by atoms with Gasteiger partial charge in [0.05, 0.1) is 10.6 Å². The zero-order chi connectivity index (χ0) is 20.6. The lowest BCUT2D eigenvalue weighted by Gasteiger charge is -2.35. The number of hydrogen-bond acceptors (Lipinski definition) is 7. The van der Waals surface area contributed by atoms with Gasteiger partial charge in [0, 0.05) is 44.1 Å². The Balaban J connectivity index is 1.66. The molecular formula is C18H24N6O4S. The number of nitrogens with zero attached hydrogens (tertiary/aromatic N) is 5. The van der Waals surface area contributed by atoms with E-state index in [-0.39, 0.29) is 16.5 Å². The second-order valence-corrected chi connectivity index (χ2v) is 9.21. The lowest BCUT2D eigenvalue weighted by atomic mass is 9.96. The number of aryl methyl sites for hydroxylation is 1. The van der Waals surface area contributed by atoms with Crippen molar-refractivity contribution >= 4 is 21.4 Å². The number of piperidine rings is 1. The van der Waals surface area contributed by atoms with Crippen LogP contribution in [0.4, 0.5) is 11.4 Å². The SMILES string of the molecule is NS(=O)(=O)c1cc([N+](=O)[O-])ccc1N1CCCC(c2nnc3n2CCCCC3)C1. The molecule has 0 spiro atoms. The van der Waals surface area contributed by atoms with Crippen LogP contribution in [-0.4, -0.2) is 41.2 Å². The minimum atomic E-state index is -4.11. The average Bonchev–Trinajstić information content (AvgIpc) is 2.95. The monoisotopic (exact) mass is 420 g/mol. The summed E-state index contributed by atoms with van der Waals surface area (Å²) < 4.78 is 26.4. The highest BCUT2D eigenvalue weighted by Gasteiger charge is 2.30. The minimum absolute atomic E-state index is 0.117. The van der Waals surface area contributed by atoms with Gasteiger partial charge >= 0.3 is 0 Å². The van der Waals surface area contributed by atoms with Crippen molar-refractivity contribution in [1.29, 1.82) is 0 Å².